The van der Waals surface area contributed by atoms with E-state index >= 15 is 0 Å². The molecule has 0 aliphatic heterocycles. The van der Waals surface area contributed by atoms with Crippen molar-refractivity contribution in [3.05, 3.63) is 30.3 Å². The van der Waals surface area contributed by atoms with Gasteiger partial charge in [-0.15, -0.1) is 0 Å². The smallest absolute Gasteiger partial charge is 0.269 e. The van der Waals surface area contributed by atoms with Crippen LogP contribution >= 0.6 is 0 Å². The van der Waals surface area contributed by atoms with Gasteiger partial charge in [0, 0.05) is 6.10 Å². The fourth-order valence-corrected chi connectivity index (χ4v) is 1.83. The third kappa shape index (κ3) is 3.64. The summed E-state index contributed by atoms with van der Waals surface area (Å²) < 4.78 is 5.82. The molecule has 0 aliphatic carbocycles. The molecule has 0 fully saturated rings. The molecule has 1 nitrogen and oxygen atoms in total. The molecular weight excluding hydrogens is 188 g/mol. The van der Waals surface area contributed by atoms with Crippen LogP contribution in [0.2, 0.25) is 0 Å². The first-order chi connectivity index (χ1) is 6.50. The van der Waals surface area contributed by atoms with Crippen LogP contribution in [0.25, 0.3) is 0 Å². The van der Waals surface area contributed by atoms with Crippen molar-refractivity contribution < 1.29 is 4.43 Å². The molecule has 1 rings (SSSR count). The summed E-state index contributed by atoms with van der Waals surface area (Å²) in [6.45, 7) is 8.74. The molecule has 1 aromatic rings. The third-order valence-electron chi connectivity index (χ3n) is 2.35. The molecule has 1 aromatic carbocycles. The topological polar surface area (TPSA) is 9.23 Å². The van der Waals surface area contributed by atoms with Gasteiger partial charge in [0.2, 0.25) is 0 Å². The fourth-order valence-electron chi connectivity index (χ4n) is 0.839. The lowest BCUT2D eigenvalue weighted by molar-refractivity contribution is 0.111. The van der Waals surface area contributed by atoms with E-state index in [4.69, 9.17) is 4.43 Å². The Labute approximate surface area is 89.4 Å². The Hall–Kier alpha value is -0.603. The van der Waals surface area contributed by atoms with E-state index in [0.29, 0.717) is 15.9 Å². The van der Waals surface area contributed by atoms with Gasteiger partial charge in [0.1, 0.15) is 0 Å². The molecule has 0 bridgehead atoms. The van der Waals surface area contributed by atoms with Crippen molar-refractivity contribution in [2.24, 2.45) is 5.41 Å². The first-order valence-electron chi connectivity index (χ1n) is 4.97. The monoisotopic (exact) mass is 206 g/mol. The summed E-state index contributed by atoms with van der Waals surface area (Å²) in [7, 11) is 0.458. The van der Waals surface area contributed by atoms with E-state index in [9.17, 15) is 0 Å². The lowest BCUT2D eigenvalue weighted by atomic mass is 9.91. The molecule has 2 radical (unpaired) electrons. The first kappa shape index (κ1) is 11.5. The zero-order valence-corrected chi connectivity index (χ0v) is 10.4. The second kappa shape index (κ2) is 4.76. The van der Waals surface area contributed by atoms with Crippen LogP contribution < -0.4 is 5.19 Å². The van der Waals surface area contributed by atoms with Crippen molar-refractivity contribution in [3.8, 4) is 0 Å². The van der Waals surface area contributed by atoms with Gasteiger partial charge in [0.05, 0.1) is 0 Å². The maximum absolute atomic E-state index is 5.82. The Morgan fingerprint density at radius 2 is 1.71 bits per heavy atom. The van der Waals surface area contributed by atoms with Crippen LogP contribution in [0, 0.1) is 5.41 Å². The van der Waals surface area contributed by atoms with Gasteiger partial charge in [-0.05, 0) is 17.5 Å². The summed E-state index contributed by atoms with van der Waals surface area (Å²) in [4.78, 5) is 0. The van der Waals surface area contributed by atoms with Crippen molar-refractivity contribution in [3.63, 3.8) is 0 Å². The molecule has 14 heavy (non-hydrogen) atoms. The lowest BCUT2D eigenvalue weighted by Gasteiger charge is -2.27. The molecule has 0 saturated carbocycles. The number of hydrogen-bond acceptors (Lipinski definition) is 1. The molecule has 0 heterocycles. The van der Waals surface area contributed by atoms with Gasteiger partial charge in [0.15, 0.2) is 0 Å². The molecule has 1 atom stereocenters. The third-order valence-corrected chi connectivity index (χ3v) is 3.39. The Balaban J connectivity index is 2.42. The average Bonchev–Trinajstić information content (AvgIpc) is 2.14. The van der Waals surface area contributed by atoms with E-state index in [1.807, 2.05) is 18.2 Å². The Kier molecular flexibility index (Phi) is 3.90. The standard InChI is InChI=1S/C12H18OSi/c1-10(12(2,3)4)13-14-11-8-6-5-7-9-11/h5-10H,1-4H3. The van der Waals surface area contributed by atoms with Gasteiger partial charge in [0.25, 0.3) is 9.76 Å². The van der Waals surface area contributed by atoms with Gasteiger partial charge < -0.3 is 4.43 Å². The summed E-state index contributed by atoms with van der Waals surface area (Å²) in [6, 6.07) is 10.3. The SMILES string of the molecule is CC(O[Si]c1ccccc1)C(C)(C)C. The minimum absolute atomic E-state index is 0.224. The highest BCUT2D eigenvalue weighted by atomic mass is 28.2. The molecule has 1 unspecified atom stereocenters. The summed E-state index contributed by atoms with van der Waals surface area (Å²) in [5.74, 6) is 0. The van der Waals surface area contributed by atoms with E-state index in [1.165, 1.54) is 5.19 Å². The lowest BCUT2D eigenvalue weighted by Crippen LogP contribution is -2.31. The minimum Gasteiger partial charge on any atom is -0.408 e. The Morgan fingerprint density at radius 3 is 2.21 bits per heavy atom. The van der Waals surface area contributed by atoms with Gasteiger partial charge in [-0.3, -0.25) is 0 Å². The van der Waals surface area contributed by atoms with Crippen LogP contribution in [-0.2, 0) is 4.43 Å². The maximum Gasteiger partial charge on any atom is 0.269 e. The first-order valence-corrected chi connectivity index (χ1v) is 5.87. The largest absolute Gasteiger partial charge is 0.408 e. The second-order valence-corrected chi connectivity index (χ2v) is 5.61. The van der Waals surface area contributed by atoms with Gasteiger partial charge in [-0.25, -0.2) is 0 Å². The van der Waals surface area contributed by atoms with Crippen molar-refractivity contribution >= 4 is 14.9 Å². The van der Waals surface area contributed by atoms with Crippen molar-refractivity contribution in [1.82, 2.24) is 0 Å². The highest BCUT2D eigenvalue weighted by Crippen LogP contribution is 2.20. The average molecular weight is 206 g/mol. The Morgan fingerprint density at radius 1 is 1.14 bits per heavy atom. The zero-order chi connectivity index (χ0) is 10.6. The molecule has 76 valence electrons. The van der Waals surface area contributed by atoms with Crippen LogP contribution in [-0.4, -0.2) is 15.9 Å². The highest BCUT2D eigenvalue weighted by Gasteiger charge is 2.20. The molecule has 0 aliphatic rings. The van der Waals surface area contributed by atoms with Crippen LogP contribution in [0.15, 0.2) is 30.3 Å². The van der Waals surface area contributed by atoms with E-state index in [1.54, 1.807) is 0 Å². The molecule has 2 heteroatoms. The maximum atomic E-state index is 5.82. The van der Waals surface area contributed by atoms with Gasteiger partial charge >= 0.3 is 0 Å². The van der Waals surface area contributed by atoms with Gasteiger partial charge in [-0.2, -0.15) is 0 Å². The van der Waals surface area contributed by atoms with E-state index in [2.05, 4.69) is 39.8 Å². The molecule has 0 amide bonds. The molecule has 0 aromatic heterocycles. The quantitative estimate of drug-likeness (QED) is 0.690. The molecule has 0 spiro atoms. The molecule has 0 saturated heterocycles. The molecular formula is C12H18OSi. The van der Waals surface area contributed by atoms with Crippen molar-refractivity contribution in [2.45, 2.75) is 33.8 Å². The van der Waals surface area contributed by atoms with Crippen LogP contribution in [0.5, 0.6) is 0 Å². The minimum atomic E-state index is 0.224. The summed E-state index contributed by atoms with van der Waals surface area (Å²) >= 11 is 0. The highest BCUT2D eigenvalue weighted by molar-refractivity contribution is 6.46. The number of hydrogen-bond donors (Lipinski definition) is 0. The zero-order valence-electron chi connectivity index (χ0n) is 9.37. The Bertz CT molecular complexity index is 263. The summed E-state index contributed by atoms with van der Waals surface area (Å²) in [6.07, 6.45) is 0.293. The summed E-state index contributed by atoms with van der Waals surface area (Å²) in [5, 5.41) is 1.27. The number of benzene rings is 1. The van der Waals surface area contributed by atoms with Crippen molar-refractivity contribution in [1.29, 1.82) is 0 Å². The fraction of sp³-hybridized carbons (Fsp3) is 0.500. The second-order valence-electron chi connectivity index (χ2n) is 4.59. The molecule has 0 N–H and O–H groups in total. The predicted octanol–water partition coefficient (Wildman–Crippen LogP) is 2.38. The summed E-state index contributed by atoms with van der Waals surface area (Å²) in [5.41, 5.74) is 0.224. The van der Waals surface area contributed by atoms with Crippen LogP contribution in [0.1, 0.15) is 27.7 Å². The van der Waals surface area contributed by atoms with Crippen LogP contribution in [0.4, 0.5) is 0 Å². The van der Waals surface area contributed by atoms with E-state index in [0.717, 1.165) is 0 Å². The number of rotatable bonds is 3. The predicted molar refractivity (Wildman–Crippen MR) is 61.8 cm³/mol. The van der Waals surface area contributed by atoms with Crippen LogP contribution in [0.3, 0.4) is 0 Å². The van der Waals surface area contributed by atoms with Crippen molar-refractivity contribution in [2.75, 3.05) is 0 Å². The van der Waals surface area contributed by atoms with E-state index < -0.39 is 0 Å². The normalized spacial score (nSPS) is 14.0. The van der Waals surface area contributed by atoms with Gasteiger partial charge in [-0.1, -0.05) is 51.1 Å². The van der Waals surface area contributed by atoms with E-state index in [-0.39, 0.29) is 5.41 Å².